The molecule has 0 aliphatic heterocycles. The Morgan fingerprint density at radius 3 is 2.48 bits per heavy atom. The minimum atomic E-state index is -4.23. The number of nitrogens with one attached hydrogen (secondary N) is 1. The third-order valence-electron chi connectivity index (χ3n) is 3.11. The van der Waals surface area contributed by atoms with Crippen LogP contribution in [-0.4, -0.2) is 32.9 Å². The average molecular weight is 327 g/mol. The van der Waals surface area contributed by atoms with E-state index in [1.54, 1.807) is 12.1 Å². The van der Waals surface area contributed by atoms with E-state index < -0.39 is 18.7 Å². The zero-order valence-corrected chi connectivity index (χ0v) is 12.1. The van der Waals surface area contributed by atoms with Gasteiger partial charge in [0, 0.05) is 24.9 Å². The van der Waals surface area contributed by atoms with Crippen LogP contribution in [-0.2, 0) is 6.42 Å². The first kappa shape index (κ1) is 17.0. The van der Waals surface area contributed by atoms with Gasteiger partial charge in [0.05, 0.1) is 6.10 Å². The maximum absolute atomic E-state index is 12.2. The van der Waals surface area contributed by atoms with Crippen LogP contribution in [0.5, 0.6) is 5.75 Å². The fourth-order valence-corrected chi connectivity index (χ4v) is 1.89. The molecular weight excluding hydrogens is 311 g/mol. The number of aromatic hydroxyl groups is 1. The number of rotatable bonds is 6. The molecule has 1 heterocycles. The number of benzene rings is 1. The summed E-state index contributed by atoms with van der Waals surface area (Å²) in [5, 5.41) is 22.0. The van der Waals surface area contributed by atoms with E-state index in [0.717, 1.165) is 0 Å². The van der Waals surface area contributed by atoms with Gasteiger partial charge in [-0.1, -0.05) is 12.1 Å². The molecule has 2 rings (SSSR count). The van der Waals surface area contributed by atoms with E-state index in [4.69, 9.17) is 0 Å². The van der Waals surface area contributed by atoms with Gasteiger partial charge in [0.15, 0.2) is 0 Å². The molecule has 0 amide bonds. The molecule has 3 N–H and O–H groups in total. The lowest BCUT2D eigenvalue weighted by atomic mass is 10.1. The standard InChI is InChI=1S/C15H16F3N3O2/c16-15(17,18)7-5-11-6-8-19-14(21-11)20-9-13(23)10-1-3-12(22)4-2-10/h1-4,6,8,13,22-23H,5,7,9H2,(H,19,20,21)/t13-/m1/s1. The predicted molar refractivity (Wildman–Crippen MR) is 78.0 cm³/mol. The fraction of sp³-hybridized carbons (Fsp3) is 0.333. The van der Waals surface area contributed by atoms with Gasteiger partial charge in [0.1, 0.15) is 5.75 Å². The molecule has 1 atom stereocenters. The highest BCUT2D eigenvalue weighted by atomic mass is 19.4. The number of phenols is 1. The fourth-order valence-electron chi connectivity index (χ4n) is 1.89. The van der Waals surface area contributed by atoms with Gasteiger partial charge in [-0.3, -0.25) is 0 Å². The van der Waals surface area contributed by atoms with Crippen LogP contribution in [0, 0.1) is 0 Å². The monoisotopic (exact) mass is 327 g/mol. The van der Waals surface area contributed by atoms with Gasteiger partial charge < -0.3 is 15.5 Å². The van der Waals surface area contributed by atoms with Crippen LogP contribution < -0.4 is 5.32 Å². The van der Waals surface area contributed by atoms with E-state index >= 15 is 0 Å². The van der Waals surface area contributed by atoms with Crippen molar-refractivity contribution >= 4 is 5.95 Å². The van der Waals surface area contributed by atoms with Crippen LogP contribution in [0.3, 0.4) is 0 Å². The summed E-state index contributed by atoms with van der Waals surface area (Å²) in [7, 11) is 0. The first-order valence-corrected chi connectivity index (χ1v) is 6.93. The molecule has 0 aliphatic carbocycles. The van der Waals surface area contributed by atoms with Crippen molar-refractivity contribution in [1.29, 1.82) is 0 Å². The quantitative estimate of drug-likeness (QED) is 0.760. The number of phenolic OH excluding ortho intramolecular Hbond substituents is 1. The minimum absolute atomic E-state index is 0.0908. The number of aromatic nitrogens is 2. The molecule has 124 valence electrons. The molecule has 1 aromatic carbocycles. The molecule has 0 radical (unpaired) electrons. The summed E-state index contributed by atoms with van der Waals surface area (Å²) in [4.78, 5) is 7.89. The molecule has 0 bridgehead atoms. The SMILES string of the molecule is Oc1ccc([C@H](O)CNc2nccc(CCC(F)(F)F)n2)cc1. The Morgan fingerprint density at radius 2 is 1.83 bits per heavy atom. The van der Waals surface area contributed by atoms with E-state index in [9.17, 15) is 23.4 Å². The van der Waals surface area contributed by atoms with Crippen molar-refractivity contribution in [1.82, 2.24) is 9.97 Å². The zero-order chi connectivity index (χ0) is 16.9. The first-order valence-electron chi connectivity index (χ1n) is 6.93. The van der Waals surface area contributed by atoms with Crippen molar-refractivity contribution in [2.45, 2.75) is 25.1 Å². The molecular formula is C15H16F3N3O2. The Morgan fingerprint density at radius 1 is 1.13 bits per heavy atom. The highest BCUT2D eigenvalue weighted by molar-refractivity contribution is 5.30. The van der Waals surface area contributed by atoms with Gasteiger partial charge in [0.2, 0.25) is 5.95 Å². The number of anilines is 1. The molecule has 23 heavy (non-hydrogen) atoms. The smallest absolute Gasteiger partial charge is 0.389 e. The van der Waals surface area contributed by atoms with Gasteiger partial charge in [-0.15, -0.1) is 0 Å². The molecule has 0 saturated carbocycles. The van der Waals surface area contributed by atoms with E-state index in [2.05, 4.69) is 15.3 Å². The molecule has 0 aliphatic rings. The van der Waals surface area contributed by atoms with E-state index in [1.807, 2.05) is 0 Å². The van der Waals surface area contributed by atoms with Crippen molar-refractivity contribution in [3.63, 3.8) is 0 Å². The van der Waals surface area contributed by atoms with Crippen LogP contribution in [0.1, 0.15) is 23.8 Å². The number of hydrogen-bond acceptors (Lipinski definition) is 5. The van der Waals surface area contributed by atoms with E-state index in [-0.39, 0.29) is 30.4 Å². The number of alkyl halides is 3. The molecule has 0 fully saturated rings. The molecule has 0 saturated heterocycles. The number of halogens is 3. The second-order valence-corrected chi connectivity index (χ2v) is 4.97. The first-order chi connectivity index (χ1) is 10.8. The molecule has 1 aromatic heterocycles. The lowest BCUT2D eigenvalue weighted by molar-refractivity contribution is -0.134. The van der Waals surface area contributed by atoms with Crippen molar-refractivity contribution in [3.8, 4) is 5.75 Å². The minimum Gasteiger partial charge on any atom is -0.508 e. The third-order valence-corrected chi connectivity index (χ3v) is 3.11. The lowest BCUT2D eigenvalue weighted by Crippen LogP contribution is -2.15. The molecule has 2 aromatic rings. The van der Waals surface area contributed by atoms with Crippen LogP contribution in [0.4, 0.5) is 19.1 Å². The van der Waals surface area contributed by atoms with Crippen LogP contribution in [0.2, 0.25) is 0 Å². The average Bonchev–Trinajstić information content (AvgIpc) is 2.51. The predicted octanol–water partition coefficient (Wildman–Crippen LogP) is 2.82. The zero-order valence-electron chi connectivity index (χ0n) is 12.1. The third kappa shape index (κ3) is 5.74. The van der Waals surface area contributed by atoms with Crippen molar-refractivity contribution in [2.24, 2.45) is 0 Å². The maximum atomic E-state index is 12.2. The topological polar surface area (TPSA) is 78.3 Å². The summed E-state index contributed by atoms with van der Waals surface area (Å²) in [5.41, 5.74) is 0.863. The Bertz CT molecular complexity index is 633. The van der Waals surface area contributed by atoms with Gasteiger partial charge in [-0.05, 0) is 30.2 Å². The van der Waals surface area contributed by atoms with Gasteiger partial charge in [-0.2, -0.15) is 13.2 Å². The Hall–Kier alpha value is -2.35. The highest BCUT2D eigenvalue weighted by Crippen LogP contribution is 2.22. The normalized spacial score (nSPS) is 12.9. The molecule has 0 unspecified atom stereocenters. The van der Waals surface area contributed by atoms with Crippen molar-refractivity contribution < 1.29 is 23.4 Å². The van der Waals surface area contributed by atoms with Crippen LogP contribution in [0.15, 0.2) is 36.5 Å². The summed E-state index contributed by atoms with van der Waals surface area (Å²) < 4.78 is 36.6. The number of hydrogen-bond donors (Lipinski definition) is 3. The number of nitrogens with zero attached hydrogens (tertiary/aromatic N) is 2. The number of aliphatic hydroxyl groups excluding tert-OH is 1. The summed E-state index contributed by atoms with van der Waals surface area (Å²) >= 11 is 0. The van der Waals surface area contributed by atoms with Gasteiger partial charge in [-0.25, -0.2) is 9.97 Å². The number of aliphatic hydroxyl groups is 1. The van der Waals surface area contributed by atoms with Gasteiger partial charge in [0.25, 0.3) is 0 Å². The maximum Gasteiger partial charge on any atom is 0.389 e. The summed E-state index contributed by atoms with van der Waals surface area (Å²) in [6, 6.07) is 7.47. The van der Waals surface area contributed by atoms with Crippen molar-refractivity contribution in [3.05, 3.63) is 47.8 Å². The molecule has 5 nitrogen and oxygen atoms in total. The number of aryl methyl sites for hydroxylation is 1. The molecule has 0 spiro atoms. The van der Waals surface area contributed by atoms with Crippen LogP contribution in [0.25, 0.3) is 0 Å². The van der Waals surface area contributed by atoms with Crippen molar-refractivity contribution in [2.75, 3.05) is 11.9 Å². The summed E-state index contributed by atoms with van der Waals surface area (Å²) in [6.07, 6.45) is -4.89. The Labute approximate surface area is 130 Å². The largest absolute Gasteiger partial charge is 0.508 e. The van der Waals surface area contributed by atoms with E-state index in [1.165, 1.54) is 24.4 Å². The van der Waals surface area contributed by atoms with Gasteiger partial charge >= 0.3 is 6.18 Å². The summed E-state index contributed by atoms with van der Waals surface area (Å²) in [6.45, 7) is 0.0908. The highest BCUT2D eigenvalue weighted by Gasteiger charge is 2.26. The Balaban J connectivity index is 1.91. The second kappa shape index (κ2) is 7.28. The van der Waals surface area contributed by atoms with Crippen LogP contribution >= 0.6 is 0 Å². The Kier molecular flexibility index (Phi) is 5.38. The lowest BCUT2D eigenvalue weighted by Gasteiger charge is -2.13. The second-order valence-electron chi connectivity index (χ2n) is 4.97. The molecule has 8 heteroatoms. The summed E-state index contributed by atoms with van der Waals surface area (Å²) in [5.74, 6) is 0.247. The van der Waals surface area contributed by atoms with E-state index in [0.29, 0.717) is 5.56 Å².